The van der Waals surface area contributed by atoms with Crippen molar-refractivity contribution in [2.75, 3.05) is 0 Å². The summed E-state index contributed by atoms with van der Waals surface area (Å²) in [5.41, 5.74) is 4.73. The third kappa shape index (κ3) is 2.10. The molecule has 0 spiro atoms. The van der Waals surface area contributed by atoms with Crippen LogP contribution in [0.5, 0.6) is 0 Å². The van der Waals surface area contributed by atoms with Crippen molar-refractivity contribution >= 4 is 27.5 Å². The molecule has 0 atom stereocenters. The molecule has 0 N–H and O–H groups in total. The second-order valence-corrected chi connectivity index (χ2v) is 6.76. The van der Waals surface area contributed by atoms with E-state index in [4.69, 9.17) is 4.98 Å². The van der Waals surface area contributed by atoms with Crippen molar-refractivity contribution in [3.8, 4) is 17.1 Å². The summed E-state index contributed by atoms with van der Waals surface area (Å²) >= 11 is 0. The molecule has 134 valence electrons. The first-order chi connectivity index (χ1) is 13.8. The lowest BCUT2D eigenvalue weighted by Crippen LogP contribution is -2.04. The van der Waals surface area contributed by atoms with Crippen molar-refractivity contribution in [2.45, 2.75) is 0 Å². The van der Waals surface area contributed by atoms with Crippen molar-refractivity contribution in [1.29, 1.82) is 0 Å². The predicted molar refractivity (Wildman–Crippen MR) is 107 cm³/mol. The second kappa shape index (κ2) is 5.50. The Labute approximate surface area is 159 Å². The number of nitrogens with zero attached hydrogens (tertiary/aromatic N) is 7. The number of benzene rings is 2. The van der Waals surface area contributed by atoms with E-state index in [9.17, 15) is 0 Å². The minimum absolute atomic E-state index is 0.704. The normalized spacial score (nSPS) is 11.8. The van der Waals surface area contributed by atoms with Gasteiger partial charge in [0, 0.05) is 42.0 Å². The Balaban J connectivity index is 1.62. The van der Waals surface area contributed by atoms with Crippen LogP contribution in [0, 0.1) is 0 Å². The SMILES string of the molecule is Cn1ncc2cc(-c3cn4ccnc4c(-n4ncc5ccccc54)n3)ccc21. The van der Waals surface area contributed by atoms with Gasteiger partial charge in [-0.3, -0.25) is 4.68 Å². The third-order valence-corrected chi connectivity index (χ3v) is 5.08. The maximum absolute atomic E-state index is 4.94. The maximum atomic E-state index is 4.94. The van der Waals surface area contributed by atoms with Crippen molar-refractivity contribution < 1.29 is 0 Å². The van der Waals surface area contributed by atoms with Gasteiger partial charge in [-0.15, -0.1) is 0 Å². The van der Waals surface area contributed by atoms with Crippen LogP contribution in [0.2, 0.25) is 0 Å². The molecular weight excluding hydrogens is 350 g/mol. The molecule has 0 saturated heterocycles. The second-order valence-electron chi connectivity index (χ2n) is 6.76. The van der Waals surface area contributed by atoms with Gasteiger partial charge in [-0.25, -0.2) is 14.6 Å². The van der Waals surface area contributed by atoms with Crippen molar-refractivity contribution in [3.63, 3.8) is 0 Å². The Morgan fingerprint density at radius 2 is 1.79 bits per heavy atom. The lowest BCUT2D eigenvalue weighted by molar-refractivity contribution is 0.797. The van der Waals surface area contributed by atoms with E-state index >= 15 is 0 Å². The summed E-state index contributed by atoms with van der Waals surface area (Å²) in [6, 6.07) is 14.3. The van der Waals surface area contributed by atoms with Gasteiger partial charge in [0.15, 0.2) is 11.5 Å². The number of hydrogen-bond donors (Lipinski definition) is 0. The van der Waals surface area contributed by atoms with E-state index in [2.05, 4.69) is 33.4 Å². The van der Waals surface area contributed by atoms with Gasteiger partial charge in [-0.2, -0.15) is 10.2 Å². The molecule has 0 radical (unpaired) electrons. The van der Waals surface area contributed by atoms with E-state index in [0.717, 1.165) is 38.7 Å². The molecule has 0 amide bonds. The summed E-state index contributed by atoms with van der Waals surface area (Å²) in [5.74, 6) is 0.704. The van der Waals surface area contributed by atoms with Crippen molar-refractivity contribution in [1.82, 2.24) is 33.9 Å². The van der Waals surface area contributed by atoms with Gasteiger partial charge in [0.05, 0.1) is 29.1 Å². The zero-order valence-electron chi connectivity index (χ0n) is 15.1. The average molecular weight is 365 g/mol. The number of fused-ring (bicyclic) bond motifs is 3. The third-order valence-electron chi connectivity index (χ3n) is 5.08. The van der Waals surface area contributed by atoms with Gasteiger partial charge in [0.2, 0.25) is 0 Å². The van der Waals surface area contributed by atoms with E-state index in [0.29, 0.717) is 5.82 Å². The van der Waals surface area contributed by atoms with E-state index in [1.54, 1.807) is 6.20 Å². The zero-order valence-corrected chi connectivity index (χ0v) is 15.1. The molecule has 0 aliphatic carbocycles. The van der Waals surface area contributed by atoms with Crippen LogP contribution in [0.25, 0.3) is 44.5 Å². The molecule has 4 aromatic heterocycles. The standard InChI is InChI=1S/C21H15N7/c1-26-18-7-6-14(10-16(18)12-23-26)17-13-27-9-8-22-20(27)21(25-17)28-19-5-3-2-4-15(19)11-24-28/h2-13H,1H3. The Hall–Kier alpha value is -4.00. The fraction of sp³-hybridized carbons (Fsp3) is 0.0476. The lowest BCUT2D eigenvalue weighted by atomic mass is 10.1. The van der Waals surface area contributed by atoms with Gasteiger partial charge in [0.25, 0.3) is 0 Å². The van der Waals surface area contributed by atoms with Crippen LogP contribution in [-0.2, 0) is 7.05 Å². The molecule has 6 aromatic rings. The molecule has 2 aromatic carbocycles. The first-order valence-corrected chi connectivity index (χ1v) is 8.97. The number of imidazole rings is 1. The lowest BCUT2D eigenvalue weighted by Gasteiger charge is -2.09. The van der Waals surface area contributed by atoms with Gasteiger partial charge in [0.1, 0.15) is 0 Å². The van der Waals surface area contributed by atoms with Crippen LogP contribution in [0.4, 0.5) is 0 Å². The summed E-state index contributed by atoms with van der Waals surface area (Å²) < 4.78 is 5.71. The Morgan fingerprint density at radius 1 is 0.893 bits per heavy atom. The quantitative estimate of drug-likeness (QED) is 0.470. The molecule has 0 aliphatic rings. The van der Waals surface area contributed by atoms with Crippen LogP contribution in [0.1, 0.15) is 0 Å². The average Bonchev–Trinajstić information content (AvgIpc) is 3.45. The smallest absolute Gasteiger partial charge is 0.198 e. The van der Waals surface area contributed by atoms with Crippen molar-refractivity contribution in [3.05, 3.63) is 73.4 Å². The summed E-state index contributed by atoms with van der Waals surface area (Å²) in [6.07, 6.45) is 9.43. The molecule has 7 nitrogen and oxygen atoms in total. The molecule has 0 unspecified atom stereocenters. The van der Waals surface area contributed by atoms with Crippen molar-refractivity contribution in [2.24, 2.45) is 7.05 Å². The zero-order chi connectivity index (χ0) is 18.7. The fourth-order valence-corrected chi connectivity index (χ4v) is 3.66. The Morgan fingerprint density at radius 3 is 2.75 bits per heavy atom. The monoisotopic (exact) mass is 365 g/mol. The summed E-state index contributed by atoms with van der Waals surface area (Å²) in [6.45, 7) is 0. The Kier molecular flexibility index (Phi) is 2.96. The van der Waals surface area contributed by atoms with Gasteiger partial charge < -0.3 is 4.40 Å². The highest BCUT2D eigenvalue weighted by atomic mass is 15.3. The minimum Gasteiger partial charge on any atom is -0.302 e. The molecule has 7 heteroatoms. The molecule has 6 rings (SSSR count). The summed E-state index contributed by atoms with van der Waals surface area (Å²) in [4.78, 5) is 9.44. The molecule has 0 bridgehead atoms. The molecule has 4 heterocycles. The highest BCUT2D eigenvalue weighted by molar-refractivity contribution is 5.85. The highest BCUT2D eigenvalue weighted by Gasteiger charge is 2.14. The predicted octanol–water partition coefficient (Wildman–Crippen LogP) is 3.62. The molecule has 0 aliphatic heterocycles. The number of hydrogen-bond acceptors (Lipinski definition) is 4. The Bertz CT molecular complexity index is 1490. The van der Waals surface area contributed by atoms with Crippen LogP contribution in [0.3, 0.4) is 0 Å². The summed E-state index contributed by atoms with van der Waals surface area (Å²) in [7, 11) is 1.94. The molecule has 0 saturated carbocycles. The molecule has 0 fully saturated rings. The number of aryl methyl sites for hydroxylation is 1. The topological polar surface area (TPSA) is 65.8 Å². The fourth-order valence-electron chi connectivity index (χ4n) is 3.66. The first-order valence-electron chi connectivity index (χ1n) is 8.97. The van der Waals surface area contributed by atoms with Gasteiger partial charge in [-0.1, -0.05) is 24.3 Å². The summed E-state index contributed by atoms with van der Waals surface area (Å²) in [5, 5.41) is 11.1. The van der Waals surface area contributed by atoms with E-state index in [1.165, 1.54) is 0 Å². The number of aromatic nitrogens is 7. The largest absolute Gasteiger partial charge is 0.302 e. The maximum Gasteiger partial charge on any atom is 0.198 e. The van der Waals surface area contributed by atoms with Crippen LogP contribution < -0.4 is 0 Å². The van der Waals surface area contributed by atoms with Gasteiger partial charge >= 0.3 is 0 Å². The molecule has 28 heavy (non-hydrogen) atoms. The van der Waals surface area contributed by atoms with Crippen LogP contribution in [-0.4, -0.2) is 33.9 Å². The number of para-hydroxylation sites is 1. The van der Waals surface area contributed by atoms with Crippen LogP contribution in [0.15, 0.2) is 73.4 Å². The minimum atomic E-state index is 0.704. The van der Waals surface area contributed by atoms with E-state index < -0.39 is 0 Å². The van der Waals surface area contributed by atoms with E-state index in [-0.39, 0.29) is 0 Å². The highest BCUT2D eigenvalue weighted by Crippen LogP contribution is 2.26. The van der Waals surface area contributed by atoms with E-state index in [1.807, 2.05) is 69.9 Å². The van der Waals surface area contributed by atoms with Gasteiger partial charge in [-0.05, 0) is 18.2 Å². The number of rotatable bonds is 2. The van der Waals surface area contributed by atoms with Crippen LogP contribution >= 0.6 is 0 Å². The first kappa shape index (κ1) is 15.1. The molecular formula is C21H15N7.